The SMILES string of the molecule is Oc1cccc(-c2cc(-c3ccc(Cl)s3)ccn2)c1. The van der Waals surface area contributed by atoms with Gasteiger partial charge in [-0.05, 0) is 42.0 Å². The van der Waals surface area contributed by atoms with Crippen molar-refractivity contribution in [3.63, 3.8) is 0 Å². The van der Waals surface area contributed by atoms with Crippen LogP contribution >= 0.6 is 22.9 Å². The highest BCUT2D eigenvalue weighted by molar-refractivity contribution is 7.19. The zero-order valence-corrected chi connectivity index (χ0v) is 11.4. The third-order valence-corrected chi connectivity index (χ3v) is 4.04. The van der Waals surface area contributed by atoms with Crippen LogP contribution in [0.2, 0.25) is 4.34 Å². The summed E-state index contributed by atoms with van der Waals surface area (Å²) in [6.07, 6.45) is 1.77. The second kappa shape index (κ2) is 5.03. The Hall–Kier alpha value is -1.84. The molecule has 0 unspecified atom stereocenters. The normalized spacial score (nSPS) is 10.6. The van der Waals surface area contributed by atoms with Crippen molar-refractivity contribution in [3.8, 4) is 27.4 Å². The minimum atomic E-state index is 0.240. The fourth-order valence-corrected chi connectivity index (χ4v) is 2.92. The number of rotatable bonds is 2. The van der Waals surface area contributed by atoms with Crippen LogP contribution in [0.5, 0.6) is 5.75 Å². The molecular formula is C15H10ClNOS. The molecule has 0 spiro atoms. The van der Waals surface area contributed by atoms with E-state index in [4.69, 9.17) is 11.6 Å². The van der Waals surface area contributed by atoms with Crippen LogP contribution in [0.3, 0.4) is 0 Å². The van der Waals surface area contributed by atoms with Crippen molar-refractivity contribution in [2.75, 3.05) is 0 Å². The van der Waals surface area contributed by atoms with Crippen LogP contribution in [-0.4, -0.2) is 10.1 Å². The van der Waals surface area contributed by atoms with Crippen molar-refractivity contribution in [1.29, 1.82) is 0 Å². The van der Waals surface area contributed by atoms with Crippen LogP contribution < -0.4 is 0 Å². The number of nitrogens with zero attached hydrogens (tertiary/aromatic N) is 1. The molecule has 1 N–H and O–H groups in total. The molecule has 0 aliphatic rings. The molecule has 3 rings (SSSR count). The van der Waals surface area contributed by atoms with E-state index in [1.165, 1.54) is 11.3 Å². The fourth-order valence-electron chi connectivity index (χ4n) is 1.88. The summed E-state index contributed by atoms with van der Waals surface area (Å²) in [5, 5.41) is 9.52. The van der Waals surface area contributed by atoms with Crippen LogP contribution in [0, 0.1) is 0 Å². The monoisotopic (exact) mass is 287 g/mol. The largest absolute Gasteiger partial charge is 0.508 e. The molecule has 0 bridgehead atoms. The van der Waals surface area contributed by atoms with E-state index in [2.05, 4.69) is 4.98 Å². The van der Waals surface area contributed by atoms with Crippen LogP contribution in [0.15, 0.2) is 54.7 Å². The zero-order chi connectivity index (χ0) is 13.2. The maximum absolute atomic E-state index is 9.52. The minimum absolute atomic E-state index is 0.240. The Balaban J connectivity index is 2.05. The third-order valence-electron chi connectivity index (χ3n) is 2.76. The van der Waals surface area contributed by atoms with Gasteiger partial charge in [0.25, 0.3) is 0 Å². The fraction of sp³-hybridized carbons (Fsp3) is 0. The molecule has 0 radical (unpaired) electrons. The Morgan fingerprint density at radius 1 is 1.00 bits per heavy atom. The number of hydrogen-bond donors (Lipinski definition) is 1. The molecule has 94 valence electrons. The van der Waals surface area contributed by atoms with Gasteiger partial charge in [0.1, 0.15) is 5.75 Å². The van der Waals surface area contributed by atoms with Crippen LogP contribution in [0.4, 0.5) is 0 Å². The zero-order valence-electron chi connectivity index (χ0n) is 9.88. The lowest BCUT2D eigenvalue weighted by molar-refractivity contribution is 0.475. The molecule has 0 atom stereocenters. The van der Waals surface area contributed by atoms with E-state index in [1.807, 2.05) is 30.3 Å². The second-order valence-electron chi connectivity index (χ2n) is 4.08. The smallest absolute Gasteiger partial charge is 0.116 e. The van der Waals surface area contributed by atoms with E-state index in [-0.39, 0.29) is 5.75 Å². The standard InChI is InChI=1S/C15H10ClNOS/c16-15-5-4-14(19-15)11-6-7-17-13(9-11)10-2-1-3-12(18)8-10/h1-9,18H. The Morgan fingerprint density at radius 2 is 1.89 bits per heavy atom. The summed E-state index contributed by atoms with van der Waals surface area (Å²) in [5.41, 5.74) is 2.80. The molecule has 1 aromatic carbocycles. The van der Waals surface area contributed by atoms with Crippen molar-refractivity contribution in [3.05, 3.63) is 59.1 Å². The highest BCUT2D eigenvalue weighted by Crippen LogP contribution is 2.32. The lowest BCUT2D eigenvalue weighted by Crippen LogP contribution is -1.83. The molecule has 0 aliphatic heterocycles. The summed E-state index contributed by atoms with van der Waals surface area (Å²) < 4.78 is 0.769. The Labute approximate surface area is 120 Å². The lowest BCUT2D eigenvalue weighted by Gasteiger charge is -2.03. The van der Waals surface area contributed by atoms with Gasteiger partial charge >= 0.3 is 0 Å². The lowest BCUT2D eigenvalue weighted by atomic mass is 10.1. The Morgan fingerprint density at radius 3 is 2.63 bits per heavy atom. The Kier molecular flexibility index (Phi) is 3.23. The number of phenolic OH excluding ortho intramolecular Hbond substituents is 1. The topological polar surface area (TPSA) is 33.1 Å². The molecular weight excluding hydrogens is 278 g/mol. The van der Waals surface area contributed by atoms with Crippen LogP contribution in [0.1, 0.15) is 0 Å². The second-order valence-corrected chi connectivity index (χ2v) is 5.80. The summed E-state index contributed by atoms with van der Waals surface area (Å²) in [5.74, 6) is 0.240. The molecule has 4 heteroatoms. The number of aromatic nitrogens is 1. The molecule has 2 nitrogen and oxygen atoms in total. The van der Waals surface area contributed by atoms with Gasteiger partial charge in [0.2, 0.25) is 0 Å². The summed E-state index contributed by atoms with van der Waals surface area (Å²) in [6, 6.07) is 14.9. The number of aromatic hydroxyl groups is 1. The van der Waals surface area contributed by atoms with E-state index >= 15 is 0 Å². The van der Waals surface area contributed by atoms with Crippen molar-refractivity contribution in [2.45, 2.75) is 0 Å². The summed E-state index contributed by atoms with van der Waals surface area (Å²) in [7, 11) is 0. The highest BCUT2D eigenvalue weighted by Gasteiger charge is 2.05. The number of benzene rings is 1. The van der Waals surface area contributed by atoms with Gasteiger partial charge in [-0.3, -0.25) is 4.98 Å². The summed E-state index contributed by atoms with van der Waals surface area (Å²) in [6.45, 7) is 0. The first-order chi connectivity index (χ1) is 9.22. The van der Waals surface area contributed by atoms with Crippen molar-refractivity contribution >= 4 is 22.9 Å². The van der Waals surface area contributed by atoms with Crippen molar-refractivity contribution in [2.24, 2.45) is 0 Å². The number of phenols is 1. The van der Waals surface area contributed by atoms with Gasteiger partial charge in [-0.15, -0.1) is 11.3 Å². The number of thiophene rings is 1. The quantitative estimate of drug-likeness (QED) is 0.732. The summed E-state index contributed by atoms with van der Waals surface area (Å²) >= 11 is 7.49. The van der Waals surface area contributed by atoms with Gasteiger partial charge in [-0.25, -0.2) is 0 Å². The Bertz CT molecular complexity index is 723. The van der Waals surface area contributed by atoms with Gasteiger partial charge < -0.3 is 5.11 Å². The molecule has 2 aromatic heterocycles. The van der Waals surface area contributed by atoms with E-state index in [0.29, 0.717) is 0 Å². The first-order valence-corrected chi connectivity index (χ1v) is 6.93. The molecule has 0 aliphatic carbocycles. The van der Waals surface area contributed by atoms with E-state index in [1.54, 1.807) is 24.4 Å². The van der Waals surface area contributed by atoms with Crippen LogP contribution in [0.25, 0.3) is 21.7 Å². The molecule has 0 saturated heterocycles. The van der Waals surface area contributed by atoms with Crippen molar-refractivity contribution < 1.29 is 5.11 Å². The van der Waals surface area contributed by atoms with Gasteiger partial charge in [-0.2, -0.15) is 0 Å². The average Bonchev–Trinajstić information content (AvgIpc) is 2.86. The molecule has 0 fully saturated rings. The highest BCUT2D eigenvalue weighted by atomic mass is 35.5. The molecule has 19 heavy (non-hydrogen) atoms. The number of halogens is 1. The predicted molar refractivity (Wildman–Crippen MR) is 79.7 cm³/mol. The maximum Gasteiger partial charge on any atom is 0.116 e. The maximum atomic E-state index is 9.52. The van der Waals surface area contributed by atoms with Crippen molar-refractivity contribution in [1.82, 2.24) is 4.98 Å². The summed E-state index contributed by atoms with van der Waals surface area (Å²) in [4.78, 5) is 5.45. The molecule has 0 amide bonds. The van der Waals surface area contributed by atoms with E-state index < -0.39 is 0 Å². The van der Waals surface area contributed by atoms with E-state index in [0.717, 1.165) is 26.0 Å². The number of pyridine rings is 1. The first kappa shape index (κ1) is 12.2. The van der Waals surface area contributed by atoms with E-state index in [9.17, 15) is 5.11 Å². The average molecular weight is 288 g/mol. The van der Waals surface area contributed by atoms with Gasteiger partial charge in [0.15, 0.2) is 0 Å². The predicted octanol–water partition coefficient (Wildman–Crippen LogP) is 4.84. The van der Waals surface area contributed by atoms with Gasteiger partial charge in [0, 0.05) is 16.6 Å². The van der Waals surface area contributed by atoms with Crippen LogP contribution in [-0.2, 0) is 0 Å². The third kappa shape index (κ3) is 2.62. The van der Waals surface area contributed by atoms with Gasteiger partial charge in [0.05, 0.1) is 10.0 Å². The number of hydrogen-bond acceptors (Lipinski definition) is 3. The molecule has 3 aromatic rings. The minimum Gasteiger partial charge on any atom is -0.508 e. The first-order valence-electron chi connectivity index (χ1n) is 5.73. The molecule has 0 saturated carbocycles. The van der Waals surface area contributed by atoms with Gasteiger partial charge in [-0.1, -0.05) is 23.7 Å². The molecule has 2 heterocycles.